The lowest BCUT2D eigenvalue weighted by atomic mass is 9.90. The maximum atomic E-state index is 2.63. The Morgan fingerprint density at radius 1 is 0.950 bits per heavy atom. The van der Waals surface area contributed by atoms with Crippen LogP contribution in [-0.4, -0.2) is 19.6 Å². The number of hydrogen-bond donors (Lipinski definition) is 0. The van der Waals surface area contributed by atoms with Crippen LogP contribution < -0.4 is 14.4 Å². The van der Waals surface area contributed by atoms with Gasteiger partial charge in [0.25, 0.3) is 5.01 Å². The molecule has 40 heavy (non-hydrogen) atoms. The highest BCUT2D eigenvalue weighted by atomic mass is 32.2. The molecule has 4 heterocycles. The molecule has 0 saturated heterocycles. The van der Waals surface area contributed by atoms with Gasteiger partial charge < -0.3 is 9.80 Å². The van der Waals surface area contributed by atoms with Gasteiger partial charge in [-0.2, -0.15) is 4.57 Å². The third-order valence-corrected chi connectivity index (χ3v) is 10.5. The van der Waals surface area contributed by atoms with Crippen LogP contribution in [0.25, 0.3) is 22.4 Å². The highest BCUT2D eigenvalue weighted by Gasteiger charge is 2.25. The van der Waals surface area contributed by atoms with E-state index in [4.69, 9.17) is 0 Å². The predicted molar refractivity (Wildman–Crippen MR) is 173 cm³/mol. The molecule has 3 aromatic carbocycles. The van der Waals surface area contributed by atoms with Crippen LogP contribution in [0.15, 0.2) is 88.3 Å². The Kier molecular flexibility index (Phi) is 7.03. The summed E-state index contributed by atoms with van der Waals surface area (Å²) >= 11 is 3.76. The monoisotopic (exact) mass is 562 g/mol. The van der Waals surface area contributed by atoms with E-state index in [1.165, 1.54) is 80.7 Å². The van der Waals surface area contributed by atoms with E-state index in [1.54, 1.807) is 16.8 Å². The lowest BCUT2D eigenvalue weighted by Crippen LogP contribution is -2.34. The van der Waals surface area contributed by atoms with Gasteiger partial charge in [-0.1, -0.05) is 59.5 Å². The molecule has 0 bridgehead atoms. The van der Waals surface area contributed by atoms with Crippen LogP contribution in [0.3, 0.4) is 0 Å². The summed E-state index contributed by atoms with van der Waals surface area (Å²) in [4.78, 5) is 6.40. The minimum atomic E-state index is 0.954. The Balaban J connectivity index is 1.32. The van der Waals surface area contributed by atoms with Crippen molar-refractivity contribution in [3.63, 3.8) is 0 Å². The van der Waals surface area contributed by atoms with Gasteiger partial charge in [0.05, 0.1) is 10.7 Å². The van der Waals surface area contributed by atoms with Gasteiger partial charge in [0, 0.05) is 42.4 Å². The highest BCUT2D eigenvalue weighted by molar-refractivity contribution is 8.03. The fraction of sp³-hybridized carbons (Fsp3) is 0.286. The third-order valence-electron chi connectivity index (χ3n) is 8.31. The first kappa shape index (κ1) is 25.7. The van der Waals surface area contributed by atoms with Gasteiger partial charge in [0.2, 0.25) is 5.52 Å². The Bertz CT molecular complexity index is 1640. The van der Waals surface area contributed by atoms with E-state index < -0.39 is 0 Å². The zero-order valence-corrected chi connectivity index (χ0v) is 25.0. The molecule has 0 fully saturated rings. The largest absolute Gasteiger partial charge is 0.371 e. The first-order valence-electron chi connectivity index (χ1n) is 14.7. The second-order valence-corrected chi connectivity index (χ2v) is 12.9. The Labute approximate surface area is 246 Å². The van der Waals surface area contributed by atoms with Crippen LogP contribution in [0.2, 0.25) is 0 Å². The molecule has 5 heteroatoms. The van der Waals surface area contributed by atoms with E-state index in [2.05, 4.69) is 113 Å². The van der Waals surface area contributed by atoms with Gasteiger partial charge in [-0.05, 0) is 98.2 Å². The van der Waals surface area contributed by atoms with Crippen molar-refractivity contribution in [3.05, 3.63) is 105 Å². The van der Waals surface area contributed by atoms with Crippen LogP contribution in [0.5, 0.6) is 0 Å². The molecule has 3 nitrogen and oxygen atoms in total. The molecule has 0 atom stereocenters. The number of allylic oxidation sites excluding steroid dienone is 3. The van der Waals surface area contributed by atoms with E-state index in [1.807, 2.05) is 23.1 Å². The number of rotatable bonds is 6. The average molecular weight is 563 g/mol. The molecule has 7 rings (SSSR count). The van der Waals surface area contributed by atoms with Crippen molar-refractivity contribution < 1.29 is 4.57 Å². The average Bonchev–Trinajstić information content (AvgIpc) is 3.52. The second-order valence-electron chi connectivity index (χ2n) is 10.8. The number of benzene rings is 3. The number of hydrogen-bond acceptors (Lipinski definition) is 4. The van der Waals surface area contributed by atoms with Crippen molar-refractivity contribution in [1.82, 2.24) is 0 Å². The molecule has 0 radical (unpaired) electrons. The molecule has 3 aliphatic rings. The first-order valence-corrected chi connectivity index (χ1v) is 16.3. The van der Waals surface area contributed by atoms with Crippen LogP contribution in [-0.2, 0) is 19.4 Å². The SMILES string of the molecule is CCN1/C(=C/C(=C\c2sc3ccccc3[n+]2CC)/C=C/c2cc3c4c(c2)CCCN4CCC3)Sc2ccccc21. The molecule has 0 amide bonds. The zero-order chi connectivity index (χ0) is 27.1. The normalized spacial score (nSPS) is 17.8. The summed E-state index contributed by atoms with van der Waals surface area (Å²) in [5.74, 6) is 0. The lowest BCUT2D eigenvalue weighted by molar-refractivity contribution is -0.665. The number of nitrogens with zero attached hydrogens (tertiary/aromatic N) is 3. The fourth-order valence-corrected chi connectivity index (χ4v) is 8.89. The van der Waals surface area contributed by atoms with Crippen LogP contribution >= 0.6 is 23.1 Å². The van der Waals surface area contributed by atoms with E-state index in [0.717, 1.165) is 13.1 Å². The molecule has 0 N–H and O–H groups in total. The minimum Gasteiger partial charge on any atom is -0.371 e. The first-order chi connectivity index (χ1) is 19.7. The zero-order valence-electron chi connectivity index (χ0n) is 23.4. The van der Waals surface area contributed by atoms with Crippen molar-refractivity contribution in [1.29, 1.82) is 0 Å². The number of para-hydroxylation sites is 2. The maximum Gasteiger partial charge on any atom is 0.263 e. The summed E-state index contributed by atoms with van der Waals surface area (Å²) in [6, 6.07) is 22.4. The van der Waals surface area contributed by atoms with Gasteiger partial charge in [-0.15, -0.1) is 0 Å². The van der Waals surface area contributed by atoms with E-state index >= 15 is 0 Å². The number of thiazole rings is 1. The van der Waals surface area contributed by atoms with Crippen LogP contribution in [0.1, 0.15) is 48.4 Å². The van der Waals surface area contributed by atoms with E-state index in [0.29, 0.717) is 0 Å². The van der Waals surface area contributed by atoms with Gasteiger partial charge >= 0.3 is 0 Å². The quantitative estimate of drug-likeness (QED) is 0.172. The van der Waals surface area contributed by atoms with Crippen molar-refractivity contribution >= 4 is 56.8 Å². The van der Waals surface area contributed by atoms with Crippen LogP contribution in [0.4, 0.5) is 11.4 Å². The van der Waals surface area contributed by atoms with Crippen LogP contribution in [0, 0.1) is 0 Å². The fourth-order valence-electron chi connectivity index (χ4n) is 6.52. The van der Waals surface area contributed by atoms with Gasteiger partial charge in [0.15, 0.2) is 0 Å². The Morgan fingerprint density at radius 3 is 2.48 bits per heavy atom. The topological polar surface area (TPSA) is 10.4 Å². The molecule has 202 valence electrons. The number of fused-ring (bicyclic) bond motifs is 2. The summed E-state index contributed by atoms with van der Waals surface area (Å²) in [6.45, 7) is 8.83. The number of anilines is 2. The third kappa shape index (κ3) is 4.69. The Hall–Kier alpha value is -3.28. The molecule has 0 aliphatic carbocycles. The Morgan fingerprint density at radius 2 is 1.70 bits per heavy atom. The number of thioether (sulfide) groups is 1. The predicted octanol–water partition coefficient (Wildman–Crippen LogP) is 8.48. The summed E-state index contributed by atoms with van der Waals surface area (Å²) in [5.41, 5.74) is 9.81. The molecule has 0 saturated carbocycles. The summed E-state index contributed by atoms with van der Waals surface area (Å²) in [7, 11) is 0. The standard InChI is InChI=1S/C35H36N3S2/c1-3-37-29-13-5-7-15-31(29)39-33(37)23-26(24-34-38(4-2)30-14-6-8-16-32(30)40-34)18-17-25-21-27-11-9-19-36-20-10-12-28(22-25)35(27)36/h5-8,13-18,21-24H,3-4,9-12,19-20H2,1-2H3/q+1. The van der Waals surface area contributed by atoms with E-state index in [9.17, 15) is 0 Å². The molecular weight excluding hydrogens is 527 g/mol. The minimum absolute atomic E-state index is 0.954. The summed E-state index contributed by atoms with van der Waals surface area (Å²) in [6.07, 6.45) is 14.4. The van der Waals surface area contributed by atoms with Crippen molar-refractivity contribution in [2.75, 3.05) is 29.4 Å². The highest BCUT2D eigenvalue weighted by Crippen LogP contribution is 2.46. The van der Waals surface area contributed by atoms with Gasteiger partial charge in [0.1, 0.15) is 11.2 Å². The molecule has 4 aromatic rings. The molecule has 3 aliphatic heterocycles. The maximum absolute atomic E-state index is 2.63. The summed E-state index contributed by atoms with van der Waals surface area (Å²) < 4.78 is 3.78. The summed E-state index contributed by atoms with van der Waals surface area (Å²) in [5, 5.41) is 2.58. The molecular formula is C35H36N3S2+. The smallest absolute Gasteiger partial charge is 0.263 e. The molecule has 0 unspecified atom stereocenters. The molecule has 0 spiro atoms. The number of aromatic nitrogens is 1. The second kappa shape index (κ2) is 10.9. The molecule has 1 aromatic heterocycles. The van der Waals surface area contributed by atoms with Crippen molar-refractivity contribution in [3.8, 4) is 0 Å². The number of aryl methyl sites for hydroxylation is 3. The van der Waals surface area contributed by atoms with E-state index in [-0.39, 0.29) is 0 Å². The van der Waals surface area contributed by atoms with Crippen molar-refractivity contribution in [2.24, 2.45) is 0 Å². The van der Waals surface area contributed by atoms with Gasteiger partial charge in [-0.25, -0.2) is 0 Å². The van der Waals surface area contributed by atoms with Crippen molar-refractivity contribution in [2.45, 2.75) is 51.0 Å². The lowest BCUT2D eigenvalue weighted by Gasteiger charge is -2.37. The van der Waals surface area contributed by atoms with Gasteiger partial charge in [-0.3, -0.25) is 0 Å².